The predicted octanol–water partition coefficient (Wildman–Crippen LogP) is -5.96. The first-order valence-corrected chi connectivity index (χ1v) is 24.4. The fourth-order valence-electron chi connectivity index (χ4n) is 7.25. The van der Waals surface area contributed by atoms with Crippen molar-refractivity contribution < 1.29 is 78.3 Å². The highest BCUT2D eigenvalue weighted by Crippen LogP contribution is 2.21. The van der Waals surface area contributed by atoms with Gasteiger partial charge in [-0.25, -0.2) is 4.79 Å². The summed E-state index contributed by atoms with van der Waals surface area (Å²) in [4.78, 5) is 145. The number of carbonyl (C=O) groups excluding carboxylic acids is 10. The second-order valence-corrected chi connectivity index (χ2v) is 18.2. The second-order valence-electron chi connectivity index (χ2n) is 17.2. The summed E-state index contributed by atoms with van der Waals surface area (Å²) in [6, 6.07) is -8.42. The van der Waals surface area contributed by atoms with Crippen LogP contribution in [0.1, 0.15) is 71.3 Å². The summed E-state index contributed by atoms with van der Waals surface area (Å²) < 4.78 is 0. The molecule has 11 atom stereocenters. The Balaban J connectivity index is 2.26. The maximum absolute atomic E-state index is 14.0. The maximum Gasteiger partial charge on any atom is 0.326 e. The average Bonchev–Trinajstić information content (AvgIpc) is 3.83. The monoisotopic (exact) mass is 1040 g/mol. The number of aromatic hydroxyl groups is 1. The Morgan fingerprint density at radius 1 is 0.708 bits per heavy atom. The molecule has 2 rings (SSSR count). The Morgan fingerprint density at radius 2 is 1.24 bits per heavy atom. The van der Waals surface area contributed by atoms with Gasteiger partial charge in [-0.05, 0) is 68.2 Å². The number of carboxylic acid groups (broad SMARTS) is 1. The molecule has 1 saturated heterocycles. The number of phenolic OH excluding ortho intramolecular Hbond substituents is 1. The van der Waals surface area contributed by atoms with Crippen molar-refractivity contribution in [3.05, 3.63) is 29.8 Å². The van der Waals surface area contributed by atoms with E-state index in [9.17, 15) is 78.3 Å². The zero-order valence-corrected chi connectivity index (χ0v) is 41.3. The summed E-state index contributed by atoms with van der Waals surface area (Å²) in [5, 5.41) is 66.1. The third kappa shape index (κ3) is 19.5. The molecule has 28 heteroatoms. The predicted molar refractivity (Wildman–Crippen MR) is 256 cm³/mol. The molecular formula is C44H69N11O16S. The van der Waals surface area contributed by atoms with Crippen LogP contribution in [0.5, 0.6) is 5.75 Å². The molecule has 0 aromatic heterocycles. The summed E-state index contributed by atoms with van der Waals surface area (Å²) >= 11 is 1.43. The topological polar surface area (TPSA) is 454 Å². The molecule has 0 bridgehead atoms. The third-order valence-corrected chi connectivity index (χ3v) is 12.3. The maximum atomic E-state index is 14.0. The molecule has 72 heavy (non-hydrogen) atoms. The number of rotatable bonds is 31. The van der Waals surface area contributed by atoms with Gasteiger partial charge >= 0.3 is 5.97 Å². The van der Waals surface area contributed by atoms with Crippen LogP contribution >= 0.6 is 11.8 Å². The number of nitrogens with one attached hydrogen (secondary N) is 7. The van der Waals surface area contributed by atoms with Crippen molar-refractivity contribution in [3.63, 3.8) is 0 Å². The van der Waals surface area contributed by atoms with Crippen LogP contribution in [0.4, 0.5) is 0 Å². The molecule has 1 heterocycles. The van der Waals surface area contributed by atoms with Crippen LogP contribution < -0.4 is 54.4 Å². The number of carboxylic acids is 1. The summed E-state index contributed by atoms with van der Waals surface area (Å²) in [7, 11) is 0. The van der Waals surface area contributed by atoms with E-state index in [1.54, 1.807) is 13.2 Å². The number of hydrogen-bond acceptors (Lipinski definition) is 17. The third-order valence-electron chi connectivity index (χ3n) is 11.6. The van der Waals surface area contributed by atoms with Gasteiger partial charge in [0.25, 0.3) is 0 Å². The number of carbonyl (C=O) groups is 11. The van der Waals surface area contributed by atoms with Crippen molar-refractivity contribution in [2.24, 2.45) is 23.1 Å². The first kappa shape index (κ1) is 61.5. The van der Waals surface area contributed by atoms with Crippen LogP contribution in [-0.4, -0.2) is 188 Å². The van der Waals surface area contributed by atoms with Gasteiger partial charge in [-0.1, -0.05) is 32.4 Å². The van der Waals surface area contributed by atoms with Gasteiger partial charge in [-0.3, -0.25) is 47.9 Å². The Bertz CT molecular complexity index is 2080. The van der Waals surface area contributed by atoms with Crippen LogP contribution in [0.25, 0.3) is 0 Å². The van der Waals surface area contributed by atoms with Crippen molar-refractivity contribution >= 4 is 76.8 Å². The number of aliphatic hydroxyl groups excluding tert-OH is 3. The van der Waals surface area contributed by atoms with E-state index in [0.29, 0.717) is 11.3 Å². The highest BCUT2D eigenvalue weighted by Gasteiger charge is 2.41. The van der Waals surface area contributed by atoms with Gasteiger partial charge in [-0.2, -0.15) is 11.8 Å². The SMILES string of the molecule is CC[C@H](C)[C@H](NC(=O)[C@H](CO)NC(=O)[C@H](CCC(N)=O)NC(=O)[C@@H]1CCCN1C(=O)[C@H](CC(N)=O)NC(=O)[C@@H](NC(=O)[C@@H](N)CCSC)[C@@H](C)O)C(=O)N[C@@H](CO)C(=O)N[C@@H](Cc1ccc(O)cc1)C(=O)O. The highest BCUT2D eigenvalue weighted by molar-refractivity contribution is 7.98. The second kappa shape index (κ2) is 30.3. The van der Waals surface area contributed by atoms with Crippen molar-refractivity contribution in [2.45, 2.75) is 133 Å². The molecule has 0 spiro atoms. The van der Waals surface area contributed by atoms with E-state index in [0.717, 1.165) is 4.90 Å². The number of likely N-dealkylation sites (tertiary alicyclic amines) is 1. The number of amides is 10. The lowest BCUT2D eigenvalue weighted by Crippen LogP contribution is -2.62. The standard InChI is InChI=1S/C44H69N11O16S/c1-5-21(2)34(41(67)52-29(19-56)38(64)50-28(44(70)71)17-23-8-10-24(59)11-9-23)53-39(65)30(20-57)51-37(63)26(12-13-32(46)60)48-40(66)31-7-6-15-55(31)43(69)27(18-33(47)61)49-42(68)35(22(3)58)54-36(62)25(45)14-16-72-4/h8-11,21-22,25-31,34-35,56-59H,5-7,12-20,45H2,1-4H3,(H2,46,60)(H2,47,61)(H,48,66)(H,49,68)(H,50,64)(H,51,63)(H,52,67)(H,53,65)(H,54,62)(H,70,71)/t21-,22+,25-,26-,27-,28-,29-,30-,31-,34-,35-/m0/s1. The van der Waals surface area contributed by atoms with Crippen LogP contribution in [0.15, 0.2) is 24.3 Å². The number of primary amides is 2. The molecule has 1 aliphatic rings. The van der Waals surface area contributed by atoms with Crippen molar-refractivity contribution in [3.8, 4) is 5.75 Å². The number of thioether (sulfide) groups is 1. The van der Waals surface area contributed by atoms with Gasteiger partial charge in [0, 0.05) is 19.4 Å². The largest absolute Gasteiger partial charge is 0.508 e. The van der Waals surface area contributed by atoms with Crippen LogP contribution in [0.2, 0.25) is 0 Å². The van der Waals surface area contributed by atoms with Gasteiger partial charge in [0.1, 0.15) is 54.1 Å². The van der Waals surface area contributed by atoms with E-state index in [4.69, 9.17) is 17.2 Å². The van der Waals surface area contributed by atoms with Gasteiger partial charge in [0.15, 0.2) is 0 Å². The van der Waals surface area contributed by atoms with Gasteiger partial charge in [0.05, 0.1) is 31.8 Å². The molecule has 10 amide bonds. The van der Waals surface area contributed by atoms with Crippen LogP contribution in [-0.2, 0) is 59.2 Å². The zero-order chi connectivity index (χ0) is 54.4. The Hall–Kier alpha value is -6.62. The first-order chi connectivity index (χ1) is 33.9. The summed E-state index contributed by atoms with van der Waals surface area (Å²) in [6.07, 6.45) is -0.963. The molecule has 27 nitrogen and oxygen atoms in total. The van der Waals surface area contributed by atoms with E-state index < -0.39 is 164 Å². The van der Waals surface area contributed by atoms with Crippen LogP contribution in [0.3, 0.4) is 0 Å². The average molecular weight is 1040 g/mol. The van der Waals surface area contributed by atoms with Gasteiger partial charge in [-0.15, -0.1) is 0 Å². The summed E-state index contributed by atoms with van der Waals surface area (Å²) in [5.41, 5.74) is 17.1. The summed E-state index contributed by atoms with van der Waals surface area (Å²) in [6.45, 7) is 2.21. The normalized spacial score (nSPS) is 17.4. The van der Waals surface area contributed by atoms with E-state index in [1.807, 2.05) is 0 Å². The lowest BCUT2D eigenvalue weighted by atomic mass is 9.97. The molecule has 1 aliphatic heterocycles. The zero-order valence-electron chi connectivity index (χ0n) is 40.5. The smallest absolute Gasteiger partial charge is 0.326 e. The molecule has 1 fully saturated rings. The van der Waals surface area contributed by atoms with Crippen molar-refractivity contribution in [1.29, 1.82) is 0 Å². The fraction of sp³-hybridized carbons (Fsp3) is 0.614. The minimum absolute atomic E-state index is 0.00125. The van der Waals surface area contributed by atoms with E-state index in [2.05, 4.69) is 37.2 Å². The molecule has 402 valence electrons. The Kier molecular flexibility index (Phi) is 25.9. The van der Waals surface area contributed by atoms with E-state index in [1.165, 1.54) is 49.9 Å². The fourth-order valence-corrected chi connectivity index (χ4v) is 7.74. The highest BCUT2D eigenvalue weighted by atomic mass is 32.2. The number of aliphatic carboxylic acids is 1. The number of nitrogens with zero attached hydrogens (tertiary/aromatic N) is 1. The lowest BCUT2D eigenvalue weighted by molar-refractivity contribution is -0.144. The van der Waals surface area contributed by atoms with Crippen molar-refractivity contribution in [2.75, 3.05) is 31.8 Å². The quantitative estimate of drug-likeness (QED) is 0.0329. The molecule has 18 N–H and O–H groups in total. The first-order valence-electron chi connectivity index (χ1n) is 23.0. The molecule has 1 aromatic rings. The van der Waals surface area contributed by atoms with E-state index >= 15 is 0 Å². The minimum Gasteiger partial charge on any atom is -0.508 e. The molecule has 0 saturated carbocycles. The molecule has 0 unspecified atom stereocenters. The van der Waals surface area contributed by atoms with E-state index in [-0.39, 0.29) is 44.4 Å². The molecule has 0 radical (unpaired) electrons. The Labute approximate surface area is 419 Å². The number of phenols is 1. The lowest BCUT2D eigenvalue weighted by Gasteiger charge is -2.31. The minimum atomic E-state index is -1.82. The molecule has 0 aliphatic carbocycles. The number of benzene rings is 1. The number of hydrogen-bond donors (Lipinski definition) is 15. The Morgan fingerprint density at radius 3 is 1.76 bits per heavy atom. The number of nitrogens with two attached hydrogens (primary N) is 3. The number of aliphatic hydroxyl groups is 3. The molecular weight excluding hydrogens is 971 g/mol. The summed E-state index contributed by atoms with van der Waals surface area (Å²) in [5.74, 6) is -11.8. The van der Waals surface area contributed by atoms with Crippen molar-refractivity contribution in [1.82, 2.24) is 42.1 Å². The van der Waals surface area contributed by atoms with Crippen LogP contribution in [0, 0.1) is 5.92 Å². The van der Waals surface area contributed by atoms with Gasteiger partial charge < -0.3 is 84.9 Å². The molecule has 1 aromatic carbocycles. The van der Waals surface area contributed by atoms with Gasteiger partial charge in [0.2, 0.25) is 59.1 Å².